The van der Waals surface area contributed by atoms with Gasteiger partial charge in [0.05, 0.1) is 18.9 Å². The molecule has 17 heavy (non-hydrogen) atoms. The average Bonchev–Trinajstić information content (AvgIpc) is 2.27. The van der Waals surface area contributed by atoms with Gasteiger partial charge in [-0.25, -0.2) is 0 Å². The number of ether oxygens (including phenoxy) is 1. The predicted octanol–water partition coefficient (Wildman–Crippen LogP) is 2.67. The first-order chi connectivity index (χ1) is 8.05. The standard InChI is InChI=1S/C12H12Br2O3/c1-17-12(16)6-9-2-8(3-10(14)4-9)5-11(15)7-13/h2-4H,5-7H2,1H3. The van der Waals surface area contributed by atoms with E-state index < -0.39 is 0 Å². The van der Waals surface area contributed by atoms with Crippen LogP contribution >= 0.6 is 31.9 Å². The second kappa shape index (κ2) is 6.91. The maximum absolute atomic E-state index is 11.3. The van der Waals surface area contributed by atoms with Gasteiger partial charge in [0.2, 0.25) is 0 Å². The summed E-state index contributed by atoms with van der Waals surface area (Å²) in [5.41, 5.74) is 1.73. The Hall–Kier alpha value is -0.680. The Labute approximate surface area is 117 Å². The Morgan fingerprint density at radius 1 is 1.18 bits per heavy atom. The van der Waals surface area contributed by atoms with Crippen LogP contribution in [0.2, 0.25) is 0 Å². The highest BCUT2D eigenvalue weighted by Crippen LogP contribution is 2.17. The molecule has 92 valence electrons. The summed E-state index contributed by atoms with van der Waals surface area (Å²) >= 11 is 6.49. The summed E-state index contributed by atoms with van der Waals surface area (Å²) in [5, 5.41) is 0.339. The SMILES string of the molecule is COC(=O)Cc1cc(Br)cc(CC(=O)CBr)c1. The highest BCUT2D eigenvalue weighted by molar-refractivity contribution is 9.10. The maximum Gasteiger partial charge on any atom is 0.309 e. The molecule has 0 bridgehead atoms. The summed E-state index contributed by atoms with van der Waals surface area (Å²) in [6.07, 6.45) is 0.574. The molecule has 0 spiro atoms. The molecule has 0 radical (unpaired) electrons. The van der Waals surface area contributed by atoms with E-state index in [1.807, 2.05) is 18.2 Å². The molecular weight excluding hydrogens is 352 g/mol. The number of ketones is 1. The fraction of sp³-hybridized carbons (Fsp3) is 0.333. The van der Waals surface area contributed by atoms with Crippen molar-refractivity contribution in [1.29, 1.82) is 0 Å². The topological polar surface area (TPSA) is 43.4 Å². The molecule has 3 nitrogen and oxygen atoms in total. The number of Topliss-reactive ketones (excluding diaryl/α,β-unsaturated/α-hetero) is 1. The van der Waals surface area contributed by atoms with Crippen LogP contribution in [0.4, 0.5) is 0 Å². The van der Waals surface area contributed by atoms with Crippen molar-refractivity contribution in [1.82, 2.24) is 0 Å². The number of rotatable bonds is 5. The molecule has 5 heteroatoms. The highest BCUT2D eigenvalue weighted by Gasteiger charge is 2.08. The van der Waals surface area contributed by atoms with Crippen LogP contribution < -0.4 is 0 Å². The smallest absolute Gasteiger partial charge is 0.309 e. The van der Waals surface area contributed by atoms with Gasteiger partial charge < -0.3 is 4.74 Å². The molecule has 0 N–H and O–H groups in total. The van der Waals surface area contributed by atoms with Gasteiger partial charge in [-0.3, -0.25) is 9.59 Å². The average molecular weight is 364 g/mol. The number of hydrogen-bond acceptors (Lipinski definition) is 3. The fourth-order valence-corrected chi connectivity index (χ4v) is 2.22. The fourth-order valence-electron chi connectivity index (χ4n) is 1.44. The summed E-state index contributed by atoms with van der Waals surface area (Å²) in [6.45, 7) is 0. The first-order valence-corrected chi connectivity index (χ1v) is 6.89. The second-order valence-corrected chi connectivity index (χ2v) is 5.05. The quantitative estimate of drug-likeness (QED) is 0.596. The minimum atomic E-state index is -0.291. The van der Waals surface area contributed by atoms with Crippen LogP contribution in [0, 0.1) is 0 Å². The molecule has 0 fully saturated rings. The molecule has 0 aliphatic rings. The van der Waals surface area contributed by atoms with Crippen LogP contribution in [0.3, 0.4) is 0 Å². The highest BCUT2D eigenvalue weighted by atomic mass is 79.9. The van der Waals surface area contributed by atoms with Crippen molar-refractivity contribution in [2.45, 2.75) is 12.8 Å². The Balaban J connectivity index is 2.86. The molecule has 0 aliphatic carbocycles. The molecular formula is C12H12Br2O3. The second-order valence-electron chi connectivity index (χ2n) is 3.57. The van der Waals surface area contributed by atoms with Gasteiger partial charge in [0.25, 0.3) is 0 Å². The van der Waals surface area contributed by atoms with Crippen molar-refractivity contribution in [3.05, 3.63) is 33.8 Å². The molecule has 0 unspecified atom stereocenters. The maximum atomic E-state index is 11.3. The van der Waals surface area contributed by atoms with E-state index in [-0.39, 0.29) is 18.2 Å². The molecule has 0 saturated carbocycles. The third-order valence-corrected chi connectivity index (χ3v) is 3.23. The van der Waals surface area contributed by atoms with Gasteiger partial charge in [-0.15, -0.1) is 0 Å². The molecule has 0 aromatic heterocycles. The van der Waals surface area contributed by atoms with Crippen molar-refractivity contribution in [3.63, 3.8) is 0 Å². The summed E-state index contributed by atoms with van der Waals surface area (Å²) in [4.78, 5) is 22.5. The summed E-state index contributed by atoms with van der Waals surface area (Å²) < 4.78 is 5.47. The summed E-state index contributed by atoms with van der Waals surface area (Å²) in [5.74, 6) is -0.187. The zero-order chi connectivity index (χ0) is 12.8. The molecule has 0 amide bonds. The zero-order valence-corrected chi connectivity index (χ0v) is 12.5. The minimum Gasteiger partial charge on any atom is -0.469 e. The Morgan fingerprint density at radius 3 is 2.29 bits per heavy atom. The molecule has 0 saturated heterocycles. The normalized spacial score (nSPS) is 10.1. The predicted molar refractivity (Wildman–Crippen MR) is 72.4 cm³/mol. The number of carbonyl (C=O) groups excluding carboxylic acids is 2. The van der Waals surface area contributed by atoms with Crippen molar-refractivity contribution in [2.24, 2.45) is 0 Å². The van der Waals surface area contributed by atoms with E-state index in [0.717, 1.165) is 15.6 Å². The lowest BCUT2D eigenvalue weighted by Gasteiger charge is -2.05. The molecule has 1 aromatic carbocycles. The first kappa shape index (κ1) is 14.4. The van der Waals surface area contributed by atoms with Crippen LogP contribution in [-0.2, 0) is 27.2 Å². The Bertz CT molecular complexity index is 394. The van der Waals surface area contributed by atoms with Gasteiger partial charge in [-0.2, -0.15) is 0 Å². The van der Waals surface area contributed by atoms with Crippen molar-refractivity contribution in [2.75, 3.05) is 12.4 Å². The van der Waals surface area contributed by atoms with E-state index in [1.165, 1.54) is 7.11 Å². The third-order valence-electron chi connectivity index (χ3n) is 2.14. The van der Waals surface area contributed by atoms with E-state index in [1.54, 1.807) is 0 Å². The number of methoxy groups -OCH3 is 1. The van der Waals surface area contributed by atoms with E-state index in [9.17, 15) is 9.59 Å². The number of halogens is 2. The van der Waals surface area contributed by atoms with Gasteiger partial charge in [0, 0.05) is 10.9 Å². The van der Waals surface area contributed by atoms with Crippen LogP contribution in [0.25, 0.3) is 0 Å². The van der Waals surface area contributed by atoms with E-state index in [2.05, 4.69) is 36.6 Å². The van der Waals surface area contributed by atoms with E-state index >= 15 is 0 Å². The molecule has 0 heterocycles. The number of alkyl halides is 1. The molecule has 0 aliphatic heterocycles. The van der Waals surface area contributed by atoms with Gasteiger partial charge in [-0.05, 0) is 23.3 Å². The Kier molecular flexibility index (Phi) is 5.85. The minimum absolute atomic E-state index is 0.104. The summed E-state index contributed by atoms with van der Waals surface area (Å²) in [7, 11) is 1.36. The molecule has 0 atom stereocenters. The van der Waals surface area contributed by atoms with Crippen molar-refractivity contribution in [3.8, 4) is 0 Å². The van der Waals surface area contributed by atoms with E-state index in [4.69, 9.17) is 0 Å². The number of carbonyl (C=O) groups is 2. The lowest BCUT2D eigenvalue weighted by Crippen LogP contribution is -2.07. The van der Waals surface area contributed by atoms with Crippen LogP contribution in [0.15, 0.2) is 22.7 Å². The number of benzene rings is 1. The van der Waals surface area contributed by atoms with Crippen molar-refractivity contribution < 1.29 is 14.3 Å². The largest absolute Gasteiger partial charge is 0.469 e. The zero-order valence-electron chi connectivity index (χ0n) is 9.33. The van der Waals surface area contributed by atoms with Crippen molar-refractivity contribution >= 4 is 43.6 Å². The van der Waals surface area contributed by atoms with Crippen LogP contribution in [0.5, 0.6) is 0 Å². The summed E-state index contributed by atoms with van der Waals surface area (Å²) in [6, 6.07) is 5.57. The van der Waals surface area contributed by atoms with E-state index in [0.29, 0.717) is 11.8 Å². The lowest BCUT2D eigenvalue weighted by molar-refractivity contribution is -0.139. The lowest BCUT2D eigenvalue weighted by atomic mass is 10.0. The monoisotopic (exact) mass is 362 g/mol. The first-order valence-electron chi connectivity index (χ1n) is 4.98. The van der Waals surface area contributed by atoms with Gasteiger partial charge in [-0.1, -0.05) is 37.9 Å². The number of hydrogen-bond donors (Lipinski definition) is 0. The third kappa shape index (κ3) is 5.00. The molecule has 1 rings (SSSR count). The molecule has 1 aromatic rings. The van der Waals surface area contributed by atoms with Crippen LogP contribution in [0.1, 0.15) is 11.1 Å². The van der Waals surface area contributed by atoms with Gasteiger partial charge in [0.1, 0.15) is 5.78 Å². The Morgan fingerprint density at radius 2 is 1.76 bits per heavy atom. The number of esters is 1. The van der Waals surface area contributed by atoms with Gasteiger partial charge >= 0.3 is 5.97 Å². The van der Waals surface area contributed by atoms with Gasteiger partial charge in [0.15, 0.2) is 0 Å². The van der Waals surface area contributed by atoms with Crippen LogP contribution in [-0.4, -0.2) is 24.2 Å².